The molecule has 1 saturated carbocycles. The summed E-state index contributed by atoms with van der Waals surface area (Å²) in [6, 6.07) is 0.768. The molecule has 0 bridgehead atoms. The molecule has 0 aromatic rings. The lowest BCUT2D eigenvalue weighted by molar-refractivity contribution is -0.0526. The lowest BCUT2D eigenvalue weighted by Crippen LogP contribution is -2.49. The Morgan fingerprint density at radius 3 is 2.32 bits per heavy atom. The van der Waals surface area contributed by atoms with Crippen LogP contribution in [0.2, 0.25) is 0 Å². The van der Waals surface area contributed by atoms with Crippen LogP contribution in [-0.4, -0.2) is 86.3 Å². The molecule has 0 unspecified atom stereocenters. The van der Waals surface area contributed by atoms with Gasteiger partial charge in [0.05, 0.1) is 12.7 Å². The second kappa shape index (κ2) is 9.21. The predicted octanol–water partition coefficient (Wildman–Crippen LogP) is 2.15. The minimum absolute atomic E-state index is 0.520. The lowest BCUT2D eigenvalue weighted by atomic mass is 9.88. The fraction of sp³-hybridized carbons (Fsp3) is 1.00. The summed E-state index contributed by atoms with van der Waals surface area (Å²) in [7, 11) is 2.25. The SMILES string of the molecule is CCCN(C)C1CC(OCCN2CCN(CC(C)C)CC2)C1. The molecule has 0 N–H and O–H groups in total. The van der Waals surface area contributed by atoms with Crippen LogP contribution < -0.4 is 0 Å². The van der Waals surface area contributed by atoms with Crippen LogP contribution in [0.4, 0.5) is 0 Å². The molecule has 0 radical (unpaired) electrons. The third kappa shape index (κ3) is 5.80. The predicted molar refractivity (Wildman–Crippen MR) is 93.4 cm³/mol. The lowest BCUT2D eigenvalue weighted by Gasteiger charge is -2.41. The van der Waals surface area contributed by atoms with Gasteiger partial charge < -0.3 is 14.5 Å². The molecule has 4 heteroatoms. The van der Waals surface area contributed by atoms with Crippen molar-refractivity contribution in [3.8, 4) is 0 Å². The molecule has 2 fully saturated rings. The van der Waals surface area contributed by atoms with Crippen molar-refractivity contribution >= 4 is 0 Å². The molecule has 0 atom stereocenters. The molecular formula is C18H37N3O. The molecular weight excluding hydrogens is 274 g/mol. The highest BCUT2D eigenvalue weighted by Gasteiger charge is 2.32. The van der Waals surface area contributed by atoms with E-state index in [0.29, 0.717) is 6.10 Å². The molecule has 2 aliphatic rings. The van der Waals surface area contributed by atoms with E-state index < -0.39 is 0 Å². The topological polar surface area (TPSA) is 19.0 Å². The molecule has 0 amide bonds. The van der Waals surface area contributed by atoms with Gasteiger partial charge in [-0.05, 0) is 38.8 Å². The minimum atomic E-state index is 0.520. The molecule has 22 heavy (non-hydrogen) atoms. The van der Waals surface area contributed by atoms with E-state index in [0.717, 1.165) is 25.1 Å². The minimum Gasteiger partial charge on any atom is -0.377 e. The maximum absolute atomic E-state index is 6.05. The van der Waals surface area contributed by atoms with E-state index in [2.05, 4.69) is 42.5 Å². The molecule has 130 valence electrons. The summed E-state index contributed by atoms with van der Waals surface area (Å²) in [5, 5.41) is 0. The normalized spacial score (nSPS) is 27.5. The third-order valence-corrected chi connectivity index (χ3v) is 5.12. The van der Waals surface area contributed by atoms with Crippen LogP contribution in [0.5, 0.6) is 0 Å². The van der Waals surface area contributed by atoms with Gasteiger partial charge in [-0.25, -0.2) is 0 Å². The standard InChI is InChI=1S/C18H37N3O/c1-5-6-19(4)17-13-18(14-17)22-12-11-20-7-9-21(10-8-20)15-16(2)3/h16-18H,5-15H2,1-4H3. The van der Waals surface area contributed by atoms with Crippen molar-refractivity contribution in [3.05, 3.63) is 0 Å². The Balaban J connectivity index is 1.49. The average Bonchev–Trinajstić information content (AvgIpc) is 2.42. The number of ether oxygens (including phenoxy) is 1. The van der Waals surface area contributed by atoms with Gasteiger partial charge in [0, 0.05) is 45.3 Å². The van der Waals surface area contributed by atoms with Crippen LogP contribution in [0.15, 0.2) is 0 Å². The summed E-state index contributed by atoms with van der Waals surface area (Å²) in [4.78, 5) is 7.66. The Morgan fingerprint density at radius 1 is 1.09 bits per heavy atom. The summed E-state index contributed by atoms with van der Waals surface area (Å²) in [6.45, 7) is 16.2. The van der Waals surface area contributed by atoms with E-state index in [-0.39, 0.29) is 0 Å². The molecule has 1 heterocycles. The first-order valence-electron chi connectivity index (χ1n) is 9.35. The van der Waals surface area contributed by atoms with Crippen LogP contribution >= 0.6 is 0 Å². The number of hydrogen-bond acceptors (Lipinski definition) is 4. The zero-order valence-electron chi connectivity index (χ0n) is 15.3. The first-order chi connectivity index (χ1) is 10.6. The second-order valence-corrected chi connectivity index (χ2v) is 7.63. The third-order valence-electron chi connectivity index (χ3n) is 5.12. The fourth-order valence-corrected chi connectivity index (χ4v) is 3.63. The number of hydrogen-bond donors (Lipinski definition) is 0. The van der Waals surface area contributed by atoms with E-state index in [1.807, 2.05) is 0 Å². The molecule has 2 rings (SSSR count). The van der Waals surface area contributed by atoms with Crippen molar-refractivity contribution in [3.63, 3.8) is 0 Å². The van der Waals surface area contributed by atoms with Gasteiger partial charge in [0.15, 0.2) is 0 Å². The van der Waals surface area contributed by atoms with Crippen molar-refractivity contribution in [1.82, 2.24) is 14.7 Å². The summed E-state index contributed by atoms with van der Waals surface area (Å²) in [6.07, 6.45) is 4.24. The van der Waals surface area contributed by atoms with E-state index >= 15 is 0 Å². The van der Waals surface area contributed by atoms with Gasteiger partial charge in [0.1, 0.15) is 0 Å². The largest absolute Gasteiger partial charge is 0.377 e. The Labute approximate surface area is 137 Å². The smallest absolute Gasteiger partial charge is 0.0605 e. The maximum Gasteiger partial charge on any atom is 0.0605 e. The summed E-state index contributed by atoms with van der Waals surface area (Å²) < 4.78 is 6.05. The Kier molecular flexibility index (Phi) is 7.61. The summed E-state index contributed by atoms with van der Waals surface area (Å²) in [5.41, 5.74) is 0. The Bertz CT molecular complexity index is 297. The zero-order chi connectivity index (χ0) is 15.9. The van der Waals surface area contributed by atoms with Gasteiger partial charge in [-0.1, -0.05) is 20.8 Å². The highest BCUT2D eigenvalue weighted by Crippen LogP contribution is 2.27. The number of nitrogens with zero attached hydrogens (tertiary/aromatic N) is 3. The monoisotopic (exact) mass is 311 g/mol. The van der Waals surface area contributed by atoms with Crippen LogP contribution in [0, 0.1) is 5.92 Å². The quantitative estimate of drug-likeness (QED) is 0.649. The van der Waals surface area contributed by atoms with Crippen LogP contribution in [0.3, 0.4) is 0 Å². The maximum atomic E-state index is 6.05. The van der Waals surface area contributed by atoms with E-state index in [1.54, 1.807) is 0 Å². The summed E-state index contributed by atoms with van der Waals surface area (Å²) >= 11 is 0. The fourth-order valence-electron chi connectivity index (χ4n) is 3.63. The van der Waals surface area contributed by atoms with Gasteiger partial charge in [-0.2, -0.15) is 0 Å². The van der Waals surface area contributed by atoms with Gasteiger partial charge in [-0.15, -0.1) is 0 Å². The number of rotatable bonds is 9. The second-order valence-electron chi connectivity index (χ2n) is 7.63. The van der Waals surface area contributed by atoms with E-state index in [4.69, 9.17) is 4.74 Å². The molecule has 0 aromatic heterocycles. The van der Waals surface area contributed by atoms with Crippen LogP contribution in [0.25, 0.3) is 0 Å². The van der Waals surface area contributed by atoms with Gasteiger partial charge in [0.25, 0.3) is 0 Å². The molecule has 1 aliphatic carbocycles. The molecule has 0 aromatic carbocycles. The first kappa shape index (κ1) is 18.2. The van der Waals surface area contributed by atoms with Crippen LogP contribution in [0.1, 0.15) is 40.0 Å². The van der Waals surface area contributed by atoms with Gasteiger partial charge in [0.2, 0.25) is 0 Å². The van der Waals surface area contributed by atoms with E-state index in [9.17, 15) is 0 Å². The molecule has 4 nitrogen and oxygen atoms in total. The zero-order valence-corrected chi connectivity index (χ0v) is 15.3. The Hall–Kier alpha value is -0.160. The highest BCUT2D eigenvalue weighted by molar-refractivity contribution is 4.87. The highest BCUT2D eigenvalue weighted by atomic mass is 16.5. The average molecular weight is 312 g/mol. The molecule has 1 saturated heterocycles. The summed E-state index contributed by atoms with van der Waals surface area (Å²) in [5.74, 6) is 0.785. The van der Waals surface area contributed by atoms with Crippen molar-refractivity contribution in [2.45, 2.75) is 52.2 Å². The van der Waals surface area contributed by atoms with Crippen molar-refractivity contribution in [2.75, 3.05) is 59.5 Å². The van der Waals surface area contributed by atoms with Crippen molar-refractivity contribution in [2.24, 2.45) is 5.92 Å². The van der Waals surface area contributed by atoms with Crippen LogP contribution in [-0.2, 0) is 4.74 Å². The van der Waals surface area contributed by atoms with Crippen molar-refractivity contribution in [1.29, 1.82) is 0 Å². The van der Waals surface area contributed by atoms with Crippen molar-refractivity contribution < 1.29 is 4.74 Å². The van der Waals surface area contributed by atoms with Gasteiger partial charge >= 0.3 is 0 Å². The van der Waals surface area contributed by atoms with Gasteiger partial charge in [-0.3, -0.25) is 4.90 Å². The Morgan fingerprint density at radius 2 is 1.73 bits per heavy atom. The first-order valence-corrected chi connectivity index (χ1v) is 9.35. The molecule has 1 aliphatic heterocycles. The molecule has 0 spiro atoms. The number of piperazine rings is 1. The van der Waals surface area contributed by atoms with E-state index in [1.165, 1.54) is 58.5 Å².